The normalized spacial score (nSPS) is 10.3. The first-order valence-corrected chi connectivity index (χ1v) is 8.45. The van der Waals surface area contributed by atoms with E-state index < -0.39 is 5.91 Å². The molecule has 1 amide bonds. The van der Waals surface area contributed by atoms with Gasteiger partial charge in [-0.15, -0.1) is 0 Å². The number of aryl methyl sites for hydroxylation is 1. The number of phenols is 1. The molecule has 4 rings (SSSR count). The summed E-state index contributed by atoms with van der Waals surface area (Å²) in [6.45, 7) is 2.20. The number of primary amides is 1. The first kappa shape index (κ1) is 17.4. The van der Waals surface area contributed by atoms with Crippen molar-refractivity contribution in [1.29, 1.82) is 0 Å². The number of fused-ring (bicyclic) bond motifs is 2. The van der Waals surface area contributed by atoms with E-state index in [1.165, 1.54) is 22.4 Å². The lowest BCUT2D eigenvalue weighted by Crippen LogP contribution is -2.11. The number of nitrogens with two attached hydrogens (primary N) is 1. The van der Waals surface area contributed by atoms with Crippen LogP contribution in [0.3, 0.4) is 0 Å². The van der Waals surface area contributed by atoms with Crippen molar-refractivity contribution in [3.8, 4) is 5.75 Å². The molecule has 0 unspecified atom stereocenters. The average molecular weight is 344 g/mol. The topological polar surface area (TPSA) is 76.2 Å². The minimum absolute atomic E-state index is 0.0937. The Hall–Kier alpha value is -3.40. The Balaban J connectivity index is 0.000000152. The van der Waals surface area contributed by atoms with Crippen LogP contribution in [0.5, 0.6) is 5.75 Å². The van der Waals surface area contributed by atoms with Gasteiger partial charge in [-0.1, -0.05) is 61.5 Å². The minimum Gasteiger partial charge on any atom is -0.505 e. The van der Waals surface area contributed by atoms with Gasteiger partial charge >= 0.3 is 0 Å². The molecule has 1 aromatic heterocycles. The monoisotopic (exact) mass is 344 g/mol. The highest BCUT2D eigenvalue weighted by molar-refractivity contribution is 6.01. The van der Waals surface area contributed by atoms with Crippen LogP contribution in [0, 0.1) is 0 Å². The molecule has 4 heteroatoms. The molecule has 0 radical (unpaired) electrons. The van der Waals surface area contributed by atoms with E-state index in [1.54, 1.807) is 24.4 Å². The van der Waals surface area contributed by atoms with E-state index in [0.717, 1.165) is 11.8 Å². The Labute approximate surface area is 151 Å². The summed E-state index contributed by atoms with van der Waals surface area (Å²) < 4.78 is 0. The third-order valence-electron chi connectivity index (χ3n) is 4.27. The highest BCUT2D eigenvalue weighted by Crippen LogP contribution is 2.26. The summed E-state index contributed by atoms with van der Waals surface area (Å²) in [5, 5.41) is 13.2. The van der Waals surface area contributed by atoms with Gasteiger partial charge in [0.1, 0.15) is 5.52 Å². The maximum absolute atomic E-state index is 10.9. The number of aromatic hydroxyl groups is 1. The van der Waals surface area contributed by atoms with Crippen LogP contribution in [0.4, 0.5) is 0 Å². The van der Waals surface area contributed by atoms with Gasteiger partial charge in [-0.3, -0.25) is 9.78 Å². The molecule has 0 fully saturated rings. The number of pyridine rings is 1. The molecular weight excluding hydrogens is 324 g/mol. The number of amides is 1. The van der Waals surface area contributed by atoms with Crippen molar-refractivity contribution in [2.75, 3.05) is 0 Å². The highest BCUT2D eigenvalue weighted by atomic mass is 16.3. The van der Waals surface area contributed by atoms with E-state index in [-0.39, 0.29) is 11.3 Å². The van der Waals surface area contributed by atoms with Gasteiger partial charge in [0.25, 0.3) is 5.91 Å². The summed E-state index contributed by atoms with van der Waals surface area (Å²) in [5.41, 5.74) is 7.00. The molecule has 3 aromatic carbocycles. The van der Waals surface area contributed by atoms with Crippen molar-refractivity contribution >= 4 is 27.6 Å². The van der Waals surface area contributed by atoms with Crippen molar-refractivity contribution in [2.24, 2.45) is 5.73 Å². The molecule has 0 aliphatic carbocycles. The third kappa shape index (κ3) is 3.49. The molecular formula is C22H20N2O2. The fourth-order valence-corrected chi connectivity index (χ4v) is 2.93. The van der Waals surface area contributed by atoms with E-state index in [4.69, 9.17) is 5.73 Å². The highest BCUT2D eigenvalue weighted by Gasteiger charge is 2.10. The summed E-state index contributed by atoms with van der Waals surface area (Å²) in [7, 11) is 0. The van der Waals surface area contributed by atoms with E-state index in [9.17, 15) is 9.90 Å². The van der Waals surface area contributed by atoms with Crippen molar-refractivity contribution in [3.05, 3.63) is 84.1 Å². The zero-order valence-electron chi connectivity index (χ0n) is 14.5. The van der Waals surface area contributed by atoms with Crippen LogP contribution < -0.4 is 5.73 Å². The molecule has 0 atom stereocenters. The second-order valence-electron chi connectivity index (χ2n) is 5.89. The fourth-order valence-electron chi connectivity index (χ4n) is 2.93. The van der Waals surface area contributed by atoms with Gasteiger partial charge in [0.05, 0.1) is 5.56 Å². The Bertz CT molecular complexity index is 1070. The summed E-state index contributed by atoms with van der Waals surface area (Å²) in [6.07, 6.45) is 2.66. The van der Waals surface area contributed by atoms with Crippen LogP contribution in [0.1, 0.15) is 22.8 Å². The van der Waals surface area contributed by atoms with E-state index in [1.807, 2.05) is 0 Å². The SMILES string of the molecule is CCc1cccc2ccccc12.NC(=O)c1ccc2cccnc2c1O. The van der Waals surface area contributed by atoms with Crippen molar-refractivity contribution < 1.29 is 9.90 Å². The molecule has 0 bridgehead atoms. The zero-order chi connectivity index (χ0) is 18.5. The number of nitrogens with zero attached hydrogens (tertiary/aromatic N) is 1. The quantitative estimate of drug-likeness (QED) is 0.564. The number of benzene rings is 3. The number of hydrogen-bond acceptors (Lipinski definition) is 3. The predicted molar refractivity (Wildman–Crippen MR) is 105 cm³/mol. The molecule has 0 aliphatic rings. The molecule has 0 saturated carbocycles. The fraction of sp³-hybridized carbons (Fsp3) is 0.0909. The van der Waals surface area contributed by atoms with Gasteiger partial charge < -0.3 is 10.8 Å². The maximum Gasteiger partial charge on any atom is 0.252 e. The zero-order valence-corrected chi connectivity index (χ0v) is 14.5. The molecule has 4 nitrogen and oxygen atoms in total. The van der Waals surface area contributed by atoms with Gasteiger partial charge in [0, 0.05) is 11.6 Å². The number of rotatable bonds is 2. The van der Waals surface area contributed by atoms with E-state index in [2.05, 4.69) is 54.4 Å². The summed E-state index contributed by atoms with van der Waals surface area (Å²) >= 11 is 0. The van der Waals surface area contributed by atoms with Crippen LogP contribution in [-0.2, 0) is 6.42 Å². The number of hydrogen-bond donors (Lipinski definition) is 2. The van der Waals surface area contributed by atoms with Gasteiger partial charge in [-0.2, -0.15) is 0 Å². The number of carbonyl (C=O) groups excluding carboxylic acids is 1. The Morgan fingerprint density at radius 3 is 2.46 bits per heavy atom. The molecule has 4 aromatic rings. The van der Waals surface area contributed by atoms with Gasteiger partial charge in [0.15, 0.2) is 5.75 Å². The van der Waals surface area contributed by atoms with Gasteiger partial charge in [-0.25, -0.2) is 0 Å². The van der Waals surface area contributed by atoms with Crippen LogP contribution in [0.25, 0.3) is 21.7 Å². The van der Waals surface area contributed by atoms with E-state index >= 15 is 0 Å². The molecule has 26 heavy (non-hydrogen) atoms. The Morgan fingerprint density at radius 1 is 0.962 bits per heavy atom. The molecule has 0 aliphatic heterocycles. The maximum atomic E-state index is 10.9. The van der Waals surface area contributed by atoms with Crippen molar-refractivity contribution in [1.82, 2.24) is 4.98 Å². The predicted octanol–water partition coefficient (Wildman–Crippen LogP) is 4.44. The number of aromatic nitrogens is 1. The lowest BCUT2D eigenvalue weighted by Gasteiger charge is -2.03. The first-order valence-electron chi connectivity index (χ1n) is 8.45. The molecule has 0 spiro atoms. The summed E-state index contributed by atoms with van der Waals surface area (Å²) in [6, 6.07) is 21.8. The standard InChI is InChI=1S/C12H12.C10H8N2O2/c1-2-10-7-5-8-11-6-3-4-9-12(10)11;11-10(14)7-4-3-6-2-1-5-12-8(6)9(7)13/h3-9H,2H2,1H3;1-5,13H,(H2,11,14). The van der Waals surface area contributed by atoms with Crippen molar-refractivity contribution in [2.45, 2.75) is 13.3 Å². The second-order valence-corrected chi connectivity index (χ2v) is 5.89. The molecule has 3 N–H and O–H groups in total. The smallest absolute Gasteiger partial charge is 0.252 e. The lowest BCUT2D eigenvalue weighted by atomic mass is 10.0. The summed E-state index contributed by atoms with van der Waals surface area (Å²) in [5.74, 6) is -0.814. The first-order chi connectivity index (χ1) is 12.6. The van der Waals surface area contributed by atoms with E-state index in [0.29, 0.717) is 5.52 Å². The minimum atomic E-state index is -0.657. The van der Waals surface area contributed by atoms with Crippen molar-refractivity contribution in [3.63, 3.8) is 0 Å². The molecule has 1 heterocycles. The van der Waals surface area contributed by atoms with Crippen LogP contribution in [0.15, 0.2) is 72.9 Å². The molecule has 130 valence electrons. The average Bonchev–Trinajstić information content (AvgIpc) is 2.68. The van der Waals surface area contributed by atoms with Crippen LogP contribution in [0.2, 0.25) is 0 Å². The molecule has 0 saturated heterocycles. The largest absolute Gasteiger partial charge is 0.505 e. The second kappa shape index (κ2) is 7.66. The van der Waals surface area contributed by atoms with Gasteiger partial charge in [-0.05, 0) is 34.9 Å². The van der Waals surface area contributed by atoms with Crippen LogP contribution in [-0.4, -0.2) is 16.0 Å². The van der Waals surface area contributed by atoms with Gasteiger partial charge in [0.2, 0.25) is 0 Å². The number of carbonyl (C=O) groups is 1. The lowest BCUT2D eigenvalue weighted by molar-refractivity contribution is 0.0998. The third-order valence-corrected chi connectivity index (χ3v) is 4.27. The Kier molecular flexibility index (Phi) is 5.13. The Morgan fingerprint density at radius 2 is 1.69 bits per heavy atom. The summed E-state index contributed by atoms with van der Waals surface area (Å²) in [4.78, 5) is 14.9. The van der Waals surface area contributed by atoms with Crippen LogP contribution >= 0.6 is 0 Å².